The number of nitrogens with one attached hydrogen (secondary N) is 1. The summed E-state index contributed by atoms with van der Waals surface area (Å²) in [5, 5.41) is 2.49. The first kappa shape index (κ1) is 21.7. The molecule has 1 atom stereocenters. The third-order valence-electron chi connectivity index (χ3n) is 4.55. The summed E-state index contributed by atoms with van der Waals surface area (Å²) in [7, 11) is 1.74. The molecule has 0 saturated heterocycles. The van der Waals surface area contributed by atoms with E-state index in [0.717, 1.165) is 24.8 Å². The molecule has 0 spiro atoms. The zero-order valence-electron chi connectivity index (χ0n) is 17.1. The Hall–Kier alpha value is -2.57. The first-order chi connectivity index (χ1) is 13.2. The highest BCUT2D eigenvalue weighted by Crippen LogP contribution is 2.33. The minimum Gasteiger partial charge on any atom is -0.456 e. The van der Waals surface area contributed by atoms with Crippen LogP contribution >= 0.6 is 0 Å². The number of hydrogen-bond acceptors (Lipinski definition) is 5. The van der Waals surface area contributed by atoms with Crippen molar-refractivity contribution >= 4 is 18.0 Å². The Labute approximate surface area is 166 Å². The SMILES string of the molecule is CN(C(=O)COC(=O)CCNC(=O)OC(C)(C)C)[C@@H]1CCCc2ccccc21. The van der Waals surface area contributed by atoms with Gasteiger partial charge >= 0.3 is 12.1 Å². The lowest BCUT2D eigenvalue weighted by Gasteiger charge is -2.33. The molecule has 0 saturated carbocycles. The Bertz CT molecular complexity index is 711. The number of carbonyl (C=O) groups is 3. The molecule has 1 aliphatic carbocycles. The number of rotatable bonds is 6. The van der Waals surface area contributed by atoms with Crippen LogP contribution in [0, 0.1) is 0 Å². The second-order valence-corrected chi connectivity index (χ2v) is 7.95. The lowest BCUT2D eigenvalue weighted by atomic mass is 9.87. The third-order valence-corrected chi connectivity index (χ3v) is 4.55. The maximum Gasteiger partial charge on any atom is 0.407 e. The van der Waals surface area contributed by atoms with Gasteiger partial charge in [-0.1, -0.05) is 24.3 Å². The third kappa shape index (κ3) is 6.55. The van der Waals surface area contributed by atoms with Crippen molar-refractivity contribution in [3.63, 3.8) is 0 Å². The van der Waals surface area contributed by atoms with Gasteiger partial charge in [0.1, 0.15) is 5.60 Å². The summed E-state index contributed by atoms with van der Waals surface area (Å²) >= 11 is 0. The second-order valence-electron chi connectivity index (χ2n) is 7.95. The predicted octanol–water partition coefficient (Wildman–Crippen LogP) is 2.98. The average Bonchev–Trinajstić information content (AvgIpc) is 2.63. The van der Waals surface area contributed by atoms with E-state index in [4.69, 9.17) is 9.47 Å². The summed E-state index contributed by atoms with van der Waals surface area (Å²) in [6, 6.07) is 8.14. The van der Waals surface area contributed by atoms with Crippen LogP contribution in [-0.4, -0.2) is 48.7 Å². The molecule has 1 N–H and O–H groups in total. The molecule has 2 amide bonds. The fourth-order valence-corrected chi connectivity index (χ4v) is 3.20. The molecule has 0 fully saturated rings. The highest BCUT2D eigenvalue weighted by atomic mass is 16.6. The van der Waals surface area contributed by atoms with Crippen LogP contribution in [0.5, 0.6) is 0 Å². The van der Waals surface area contributed by atoms with E-state index in [9.17, 15) is 14.4 Å². The molecule has 7 nitrogen and oxygen atoms in total. The lowest BCUT2D eigenvalue weighted by molar-refractivity contribution is -0.152. The maximum absolute atomic E-state index is 12.5. The highest BCUT2D eigenvalue weighted by Gasteiger charge is 2.27. The van der Waals surface area contributed by atoms with Crippen LogP contribution < -0.4 is 5.32 Å². The van der Waals surface area contributed by atoms with E-state index >= 15 is 0 Å². The van der Waals surface area contributed by atoms with Gasteiger partial charge in [-0.25, -0.2) is 4.79 Å². The van der Waals surface area contributed by atoms with Crippen molar-refractivity contribution in [3.05, 3.63) is 35.4 Å². The number of benzene rings is 1. The molecule has 0 aromatic heterocycles. The van der Waals surface area contributed by atoms with Crippen LogP contribution in [-0.2, 0) is 25.5 Å². The number of amides is 2. The fraction of sp³-hybridized carbons (Fsp3) is 0.571. The molecule has 1 aromatic rings. The summed E-state index contributed by atoms with van der Waals surface area (Å²) < 4.78 is 10.1. The quantitative estimate of drug-likeness (QED) is 0.755. The second kappa shape index (κ2) is 9.57. The smallest absolute Gasteiger partial charge is 0.407 e. The van der Waals surface area contributed by atoms with Gasteiger partial charge in [-0.15, -0.1) is 0 Å². The number of fused-ring (bicyclic) bond motifs is 1. The molecule has 7 heteroatoms. The number of alkyl carbamates (subject to hydrolysis) is 1. The van der Waals surface area contributed by atoms with Crippen LogP contribution in [0.25, 0.3) is 0 Å². The van der Waals surface area contributed by atoms with Gasteiger partial charge in [0, 0.05) is 13.6 Å². The maximum atomic E-state index is 12.5. The first-order valence-electron chi connectivity index (χ1n) is 9.63. The normalized spacial score (nSPS) is 15.9. The molecular formula is C21H30N2O5. The molecular weight excluding hydrogens is 360 g/mol. The van der Waals surface area contributed by atoms with Crippen molar-refractivity contribution in [2.24, 2.45) is 0 Å². The monoisotopic (exact) mass is 390 g/mol. The minimum absolute atomic E-state index is 0.00462. The predicted molar refractivity (Wildman–Crippen MR) is 105 cm³/mol. The van der Waals surface area contributed by atoms with E-state index in [0.29, 0.717) is 0 Å². The minimum atomic E-state index is -0.598. The van der Waals surface area contributed by atoms with Gasteiger partial charge in [0.15, 0.2) is 6.61 Å². The van der Waals surface area contributed by atoms with Gasteiger partial charge < -0.3 is 19.7 Å². The van der Waals surface area contributed by atoms with E-state index in [2.05, 4.69) is 17.4 Å². The number of aryl methyl sites for hydroxylation is 1. The number of likely N-dealkylation sites (N-methyl/N-ethyl adjacent to an activating group) is 1. The molecule has 0 heterocycles. The van der Waals surface area contributed by atoms with Crippen LogP contribution in [0.3, 0.4) is 0 Å². The molecule has 0 radical (unpaired) electrons. The number of carbonyl (C=O) groups excluding carboxylic acids is 3. The van der Waals surface area contributed by atoms with Crippen LogP contribution in [0.15, 0.2) is 24.3 Å². The molecule has 2 rings (SSSR count). The van der Waals surface area contributed by atoms with Crippen LogP contribution in [0.2, 0.25) is 0 Å². The van der Waals surface area contributed by atoms with Gasteiger partial charge in [0.05, 0.1) is 12.5 Å². The summed E-state index contributed by atoms with van der Waals surface area (Å²) in [4.78, 5) is 37.5. The topological polar surface area (TPSA) is 84.9 Å². The average molecular weight is 390 g/mol. The summed E-state index contributed by atoms with van der Waals surface area (Å²) in [6.45, 7) is 5.06. The van der Waals surface area contributed by atoms with Crippen molar-refractivity contribution in [2.75, 3.05) is 20.2 Å². The molecule has 0 bridgehead atoms. The Morgan fingerprint density at radius 2 is 1.93 bits per heavy atom. The van der Waals surface area contributed by atoms with E-state index in [1.54, 1.807) is 32.7 Å². The van der Waals surface area contributed by atoms with Crippen molar-refractivity contribution < 1.29 is 23.9 Å². The Morgan fingerprint density at radius 3 is 2.64 bits per heavy atom. The van der Waals surface area contributed by atoms with Crippen molar-refractivity contribution in [1.82, 2.24) is 10.2 Å². The van der Waals surface area contributed by atoms with Gasteiger partial charge in [-0.2, -0.15) is 0 Å². The Balaban J connectivity index is 1.75. The molecule has 1 aliphatic rings. The Kier molecular flexibility index (Phi) is 7.43. The van der Waals surface area contributed by atoms with Gasteiger partial charge in [-0.3, -0.25) is 9.59 Å². The van der Waals surface area contributed by atoms with Crippen molar-refractivity contribution in [3.8, 4) is 0 Å². The van der Waals surface area contributed by atoms with Crippen molar-refractivity contribution in [2.45, 2.75) is 58.1 Å². The number of esters is 1. The zero-order chi connectivity index (χ0) is 20.7. The summed E-state index contributed by atoms with van der Waals surface area (Å²) in [5.74, 6) is -0.781. The number of nitrogens with zero attached hydrogens (tertiary/aromatic N) is 1. The van der Waals surface area contributed by atoms with Gasteiger partial charge in [0.25, 0.3) is 5.91 Å². The standard InChI is InChI=1S/C21H30N2O5/c1-21(2,3)28-20(26)22-13-12-19(25)27-14-18(24)23(4)17-11-7-9-15-8-5-6-10-16(15)17/h5-6,8,10,17H,7,9,11-14H2,1-4H3,(H,22,26)/t17-/m1/s1. The molecule has 28 heavy (non-hydrogen) atoms. The molecule has 0 aliphatic heterocycles. The molecule has 154 valence electrons. The number of ether oxygens (including phenoxy) is 2. The first-order valence-corrected chi connectivity index (χ1v) is 9.63. The van der Waals surface area contributed by atoms with E-state index in [-0.39, 0.29) is 31.5 Å². The summed E-state index contributed by atoms with van der Waals surface area (Å²) in [6.07, 6.45) is 2.33. The van der Waals surface area contributed by atoms with E-state index in [1.165, 1.54) is 5.56 Å². The van der Waals surface area contributed by atoms with Crippen LogP contribution in [0.4, 0.5) is 4.79 Å². The number of hydrogen-bond donors (Lipinski definition) is 1. The highest BCUT2D eigenvalue weighted by molar-refractivity contribution is 5.81. The largest absolute Gasteiger partial charge is 0.456 e. The molecule has 0 unspecified atom stereocenters. The molecule has 1 aromatic carbocycles. The summed E-state index contributed by atoms with van der Waals surface area (Å²) in [5.41, 5.74) is 1.83. The van der Waals surface area contributed by atoms with E-state index in [1.807, 2.05) is 12.1 Å². The van der Waals surface area contributed by atoms with Crippen LogP contribution in [0.1, 0.15) is 57.2 Å². The van der Waals surface area contributed by atoms with Gasteiger partial charge in [0.2, 0.25) is 0 Å². The lowest BCUT2D eigenvalue weighted by Crippen LogP contribution is -2.36. The Morgan fingerprint density at radius 1 is 1.21 bits per heavy atom. The van der Waals surface area contributed by atoms with Crippen molar-refractivity contribution in [1.29, 1.82) is 0 Å². The van der Waals surface area contributed by atoms with Gasteiger partial charge in [-0.05, 0) is 51.2 Å². The fourth-order valence-electron chi connectivity index (χ4n) is 3.20. The van der Waals surface area contributed by atoms with E-state index < -0.39 is 17.7 Å². The zero-order valence-corrected chi connectivity index (χ0v) is 17.1.